The van der Waals surface area contributed by atoms with Crippen LogP contribution in [0.5, 0.6) is 0 Å². The van der Waals surface area contributed by atoms with Gasteiger partial charge in [-0.15, -0.1) is 0 Å². The number of likely N-dealkylation sites (N-methyl/N-ethyl adjacent to an activating group) is 1. The summed E-state index contributed by atoms with van der Waals surface area (Å²) in [6.07, 6.45) is 0.948. The smallest absolute Gasteiger partial charge is 0.374 e. The zero-order valence-electron chi connectivity index (χ0n) is 9.99. The lowest BCUT2D eigenvalue weighted by Gasteiger charge is -2.22. The van der Waals surface area contributed by atoms with Gasteiger partial charge in [0.1, 0.15) is 0 Å². The molecule has 1 aliphatic rings. The van der Waals surface area contributed by atoms with E-state index in [4.69, 9.17) is 4.74 Å². The molecule has 88 valence electrons. The van der Waals surface area contributed by atoms with E-state index >= 15 is 0 Å². The van der Waals surface area contributed by atoms with Gasteiger partial charge in [-0.3, -0.25) is 0 Å². The fourth-order valence-electron chi connectivity index (χ4n) is 2.16. The molecule has 0 aromatic carbocycles. The van der Waals surface area contributed by atoms with Crippen molar-refractivity contribution >= 4 is 5.97 Å². The maximum Gasteiger partial charge on any atom is 0.374 e. The van der Waals surface area contributed by atoms with Crippen molar-refractivity contribution in [1.29, 1.82) is 0 Å². The standard InChI is InChI=1S/C11H17N3O2/c1-4-14-9-5-6-13(2)7-8(9)12-10(14)11(15)16-3/h4-7H2,1-3H3. The minimum atomic E-state index is -0.348. The fraction of sp³-hybridized carbons (Fsp3) is 0.636. The van der Waals surface area contributed by atoms with Crippen molar-refractivity contribution in [1.82, 2.24) is 14.5 Å². The molecular weight excluding hydrogens is 206 g/mol. The lowest BCUT2D eigenvalue weighted by atomic mass is 10.1. The number of hydrogen-bond donors (Lipinski definition) is 0. The Morgan fingerprint density at radius 1 is 1.56 bits per heavy atom. The van der Waals surface area contributed by atoms with Crippen LogP contribution in [-0.4, -0.2) is 41.1 Å². The van der Waals surface area contributed by atoms with Gasteiger partial charge in [-0.2, -0.15) is 0 Å². The van der Waals surface area contributed by atoms with Gasteiger partial charge >= 0.3 is 5.97 Å². The number of carbonyl (C=O) groups excluding carboxylic acids is 1. The van der Waals surface area contributed by atoms with Crippen molar-refractivity contribution in [3.8, 4) is 0 Å². The Balaban J connectivity index is 2.44. The number of esters is 1. The van der Waals surface area contributed by atoms with E-state index in [-0.39, 0.29) is 5.97 Å². The average molecular weight is 223 g/mol. The molecule has 0 aliphatic carbocycles. The molecule has 0 saturated carbocycles. The van der Waals surface area contributed by atoms with Gasteiger partial charge in [0.05, 0.1) is 12.8 Å². The first kappa shape index (κ1) is 11.1. The van der Waals surface area contributed by atoms with Crippen molar-refractivity contribution < 1.29 is 9.53 Å². The topological polar surface area (TPSA) is 47.4 Å². The summed E-state index contributed by atoms with van der Waals surface area (Å²) in [6.45, 7) is 4.61. The highest BCUT2D eigenvalue weighted by molar-refractivity contribution is 5.85. The second kappa shape index (κ2) is 4.25. The summed E-state index contributed by atoms with van der Waals surface area (Å²) in [5.74, 6) is 0.0872. The number of nitrogens with zero attached hydrogens (tertiary/aromatic N) is 3. The Labute approximate surface area is 95.0 Å². The second-order valence-electron chi connectivity index (χ2n) is 4.05. The normalized spacial score (nSPS) is 15.9. The molecular formula is C11H17N3O2. The van der Waals surface area contributed by atoms with Gasteiger partial charge in [-0.1, -0.05) is 0 Å². The lowest BCUT2D eigenvalue weighted by Crippen LogP contribution is -2.27. The van der Waals surface area contributed by atoms with Crippen LogP contribution in [0.3, 0.4) is 0 Å². The average Bonchev–Trinajstić information content (AvgIpc) is 2.65. The van der Waals surface area contributed by atoms with Crippen molar-refractivity contribution in [2.24, 2.45) is 0 Å². The maximum absolute atomic E-state index is 11.6. The van der Waals surface area contributed by atoms with Crippen LogP contribution in [0.4, 0.5) is 0 Å². The molecule has 1 aromatic rings. The molecule has 0 N–H and O–H groups in total. The fourth-order valence-corrected chi connectivity index (χ4v) is 2.16. The third-order valence-electron chi connectivity index (χ3n) is 2.99. The van der Waals surface area contributed by atoms with Gasteiger partial charge in [-0.05, 0) is 14.0 Å². The molecule has 0 bridgehead atoms. The molecule has 0 radical (unpaired) electrons. The summed E-state index contributed by atoms with van der Waals surface area (Å²) < 4.78 is 6.71. The number of methoxy groups -OCH3 is 1. The van der Waals surface area contributed by atoms with Gasteiger partial charge < -0.3 is 14.2 Å². The summed E-state index contributed by atoms with van der Waals surface area (Å²) in [7, 11) is 3.45. The minimum absolute atomic E-state index is 0.348. The Bertz CT molecular complexity index is 412. The number of rotatable bonds is 2. The quantitative estimate of drug-likeness (QED) is 0.692. The van der Waals surface area contributed by atoms with Crippen molar-refractivity contribution in [2.75, 3.05) is 20.7 Å². The molecule has 0 saturated heterocycles. The zero-order valence-corrected chi connectivity index (χ0v) is 9.99. The molecule has 0 atom stereocenters. The molecule has 0 fully saturated rings. The van der Waals surface area contributed by atoms with Crippen molar-refractivity contribution in [3.63, 3.8) is 0 Å². The van der Waals surface area contributed by atoms with Gasteiger partial charge in [0, 0.05) is 31.7 Å². The molecule has 16 heavy (non-hydrogen) atoms. The van der Waals surface area contributed by atoms with Crippen LogP contribution in [0.25, 0.3) is 0 Å². The molecule has 1 aliphatic heterocycles. The first-order chi connectivity index (χ1) is 7.67. The lowest BCUT2D eigenvalue weighted by molar-refractivity contribution is 0.0581. The first-order valence-corrected chi connectivity index (χ1v) is 5.52. The number of ether oxygens (including phenoxy) is 1. The SMILES string of the molecule is CCn1c(C(=O)OC)nc2c1CCN(C)C2. The van der Waals surface area contributed by atoms with E-state index in [1.807, 2.05) is 11.5 Å². The Morgan fingerprint density at radius 3 is 2.94 bits per heavy atom. The summed E-state index contributed by atoms with van der Waals surface area (Å²) in [5, 5.41) is 0. The van der Waals surface area contributed by atoms with Gasteiger partial charge in [0.25, 0.3) is 0 Å². The molecule has 0 amide bonds. The molecule has 0 unspecified atom stereocenters. The van der Waals surface area contributed by atoms with E-state index in [2.05, 4.69) is 16.9 Å². The summed E-state index contributed by atoms with van der Waals surface area (Å²) >= 11 is 0. The molecule has 1 aromatic heterocycles. The monoisotopic (exact) mass is 223 g/mol. The molecule has 0 spiro atoms. The van der Waals surface area contributed by atoms with Crippen LogP contribution in [-0.2, 0) is 24.2 Å². The van der Waals surface area contributed by atoms with E-state index in [1.165, 1.54) is 12.8 Å². The molecule has 5 heteroatoms. The van der Waals surface area contributed by atoms with Gasteiger partial charge in [0.2, 0.25) is 5.82 Å². The van der Waals surface area contributed by atoms with Crippen LogP contribution in [0.15, 0.2) is 0 Å². The number of carbonyl (C=O) groups is 1. The number of fused-ring (bicyclic) bond motifs is 1. The van der Waals surface area contributed by atoms with E-state index in [1.54, 1.807) is 0 Å². The highest BCUT2D eigenvalue weighted by Gasteiger charge is 2.24. The minimum Gasteiger partial charge on any atom is -0.463 e. The summed E-state index contributed by atoms with van der Waals surface area (Å²) in [4.78, 5) is 18.2. The molecule has 2 rings (SSSR count). The number of aromatic nitrogens is 2. The molecule has 5 nitrogen and oxygen atoms in total. The third kappa shape index (κ3) is 1.71. The molecule has 2 heterocycles. The second-order valence-corrected chi connectivity index (χ2v) is 4.05. The predicted octanol–water partition coefficient (Wildman–Crippen LogP) is 0.677. The van der Waals surface area contributed by atoms with Crippen LogP contribution < -0.4 is 0 Å². The first-order valence-electron chi connectivity index (χ1n) is 5.52. The zero-order chi connectivity index (χ0) is 11.7. The van der Waals surface area contributed by atoms with Crippen molar-refractivity contribution in [3.05, 3.63) is 17.2 Å². The largest absolute Gasteiger partial charge is 0.463 e. The van der Waals surface area contributed by atoms with Crippen LogP contribution in [0, 0.1) is 0 Å². The van der Waals surface area contributed by atoms with E-state index < -0.39 is 0 Å². The van der Waals surface area contributed by atoms with Crippen LogP contribution in [0.2, 0.25) is 0 Å². The van der Waals surface area contributed by atoms with E-state index in [9.17, 15) is 4.79 Å². The number of hydrogen-bond acceptors (Lipinski definition) is 4. The van der Waals surface area contributed by atoms with Crippen LogP contribution >= 0.6 is 0 Å². The van der Waals surface area contributed by atoms with E-state index in [0.29, 0.717) is 5.82 Å². The van der Waals surface area contributed by atoms with Crippen LogP contribution in [0.1, 0.15) is 28.9 Å². The van der Waals surface area contributed by atoms with E-state index in [0.717, 1.165) is 31.7 Å². The highest BCUT2D eigenvalue weighted by Crippen LogP contribution is 2.19. The Kier molecular flexibility index (Phi) is 2.96. The summed E-state index contributed by atoms with van der Waals surface area (Å²) in [5.41, 5.74) is 2.19. The highest BCUT2D eigenvalue weighted by atomic mass is 16.5. The van der Waals surface area contributed by atoms with Crippen molar-refractivity contribution in [2.45, 2.75) is 26.4 Å². The Morgan fingerprint density at radius 2 is 2.31 bits per heavy atom. The Hall–Kier alpha value is -1.36. The third-order valence-corrected chi connectivity index (χ3v) is 2.99. The van der Waals surface area contributed by atoms with Gasteiger partial charge in [-0.25, -0.2) is 9.78 Å². The predicted molar refractivity (Wildman–Crippen MR) is 59.3 cm³/mol. The van der Waals surface area contributed by atoms with Gasteiger partial charge in [0.15, 0.2) is 0 Å². The summed E-state index contributed by atoms with van der Waals surface area (Å²) in [6, 6.07) is 0. The number of imidazole rings is 1. The maximum atomic E-state index is 11.6.